The molecule has 0 aliphatic rings. The van der Waals surface area contributed by atoms with Gasteiger partial charge in [0.1, 0.15) is 6.10 Å². The van der Waals surface area contributed by atoms with Crippen molar-refractivity contribution in [1.82, 2.24) is 4.90 Å². The van der Waals surface area contributed by atoms with Gasteiger partial charge in [-0.1, -0.05) is 156 Å². The van der Waals surface area contributed by atoms with Crippen molar-refractivity contribution in [2.75, 3.05) is 32.8 Å². The van der Waals surface area contributed by atoms with Crippen molar-refractivity contribution in [1.29, 1.82) is 0 Å². The van der Waals surface area contributed by atoms with Crippen molar-refractivity contribution < 1.29 is 24.2 Å². The molecule has 292 valence electrons. The molecule has 0 aromatic carbocycles. The van der Waals surface area contributed by atoms with Gasteiger partial charge in [0.05, 0.1) is 13.2 Å². The minimum atomic E-state index is -0.0300. The van der Waals surface area contributed by atoms with Crippen LogP contribution in [0.4, 0.5) is 0 Å². The van der Waals surface area contributed by atoms with Crippen LogP contribution in [0.2, 0.25) is 0 Å². The lowest BCUT2D eigenvalue weighted by molar-refractivity contribution is -0.150. The van der Waals surface area contributed by atoms with Gasteiger partial charge in [0.2, 0.25) is 0 Å². The third-order valence-electron chi connectivity index (χ3n) is 9.95. The molecule has 6 nitrogen and oxygen atoms in total. The molecule has 0 saturated carbocycles. The molecule has 6 heteroatoms. The summed E-state index contributed by atoms with van der Waals surface area (Å²) >= 11 is 0. The Labute approximate surface area is 305 Å². The number of carbonyl (C=O) groups excluding carboxylic acids is 2. The summed E-state index contributed by atoms with van der Waals surface area (Å²) in [6.07, 6.45) is 37.3. The van der Waals surface area contributed by atoms with Crippen molar-refractivity contribution in [2.45, 2.75) is 232 Å². The van der Waals surface area contributed by atoms with Crippen molar-refractivity contribution >= 4 is 11.9 Å². The van der Waals surface area contributed by atoms with Gasteiger partial charge in [-0.2, -0.15) is 0 Å². The van der Waals surface area contributed by atoms with Crippen molar-refractivity contribution in [3.8, 4) is 0 Å². The molecule has 0 bridgehead atoms. The van der Waals surface area contributed by atoms with Crippen LogP contribution in [0.5, 0.6) is 0 Å². The SMILES string of the molecule is CCCCCCCCCC(CCCCCCCCC)OC(=O)CCCCN(CCO)CCCCCCCCCCCOC(=O)CCCCC. The van der Waals surface area contributed by atoms with Gasteiger partial charge in [-0.3, -0.25) is 9.59 Å². The van der Waals surface area contributed by atoms with Crippen LogP contribution < -0.4 is 0 Å². The van der Waals surface area contributed by atoms with Crippen molar-refractivity contribution in [3.05, 3.63) is 0 Å². The maximum Gasteiger partial charge on any atom is 0.306 e. The number of hydrogen-bond donors (Lipinski definition) is 1. The molecule has 0 aromatic rings. The van der Waals surface area contributed by atoms with Crippen LogP contribution >= 0.6 is 0 Å². The van der Waals surface area contributed by atoms with Crippen LogP contribution in [0.25, 0.3) is 0 Å². The molecule has 1 N–H and O–H groups in total. The van der Waals surface area contributed by atoms with Crippen molar-refractivity contribution in [3.63, 3.8) is 0 Å². The molecule has 49 heavy (non-hydrogen) atoms. The lowest BCUT2D eigenvalue weighted by atomic mass is 10.0. The lowest BCUT2D eigenvalue weighted by Gasteiger charge is -2.21. The third-order valence-corrected chi connectivity index (χ3v) is 9.95. The molecule has 0 atom stereocenters. The standard InChI is InChI=1S/C43H85NO5/c1-4-7-10-12-17-21-26-32-41(33-27-22-18-13-11-8-5-2)49-43(47)35-28-30-37-44(38-39-45)36-29-23-19-15-14-16-20-24-31-40-48-42(46)34-25-9-6-3/h41,45H,4-40H2,1-3H3. The van der Waals surface area contributed by atoms with Crippen LogP contribution in [0.1, 0.15) is 226 Å². The zero-order valence-electron chi connectivity index (χ0n) is 33.3. The fourth-order valence-corrected chi connectivity index (χ4v) is 6.70. The van der Waals surface area contributed by atoms with Crippen LogP contribution in [0, 0.1) is 0 Å². The Morgan fingerprint density at radius 2 is 0.857 bits per heavy atom. The van der Waals surface area contributed by atoms with Gasteiger partial charge in [0.15, 0.2) is 0 Å². The maximum absolute atomic E-state index is 12.8. The average molecular weight is 696 g/mol. The van der Waals surface area contributed by atoms with Gasteiger partial charge in [0.25, 0.3) is 0 Å². The zero-order valence-corrected chi connectivity index (χ0v) is 33.3. The molecular weight excluding hydrogens is 610 g/mol. The summed E-state index contributed by atoms with van der Waals surface area (Å²) in [4.78, 5) is 26.8. The van der Waals surface area contributed by atoms with Crippen LogP contribution in [-0.4, -0.2) is 60.9 Å². The quantitative estimate of drug-likeness (QED) is 0.0508. The summed E-state index contributed by atoms with van der Waals surface area (Å²) in [6, 6.07) is 0. The number of rotatable bonds is 40. The van der Waals surface area contributed by atoms with Crippen LogP contribution in [0.15, 0.2) is 0 Å². The normalized spacial score (nSPS) is 11.6. The van der Waals surface area contributed by atoms with Crippen LogP contribution in [-0.2, 0) is 19.1 Å². The highest BCUT2D eigenvalue weighted by atomic mass is 16.5. The molecule has 0 amide bonds. The number of ether oxygens (including phenoxy) is 2. The fraction of sp³-hybridized carbons (Fsp3) is 0.953. The number of aliphatic hydroxyl groups is 1. The number of carbonyl (C=O) groups is 2. The fourth-order valence-electron chi connectivity index (χ4n) is 6.70. The number of aliphatic hydroxyl groups excluding tert-OH is 1. The second-order valence-electron chi connectivity index (χ2n) is 14.8. The topological polar surface area (TPSA) is 76.1 Å². The van der Waals surface area contributed by atoms with E-state index in [-0.39, 0.29) is 24.6 Å². The van der Waals surface area contributed by atoms with E-state index < -0.39 is 0 Å². The first-order valence-electron chi connectivity index (χ1n) is 21.8. The van der Waals surface area contributed by atoms with Gasteiger partial charge >= 0.3 is 11.9 Å². The molecule has 0 aliphatic heterocycles. The van der Waals surface area contributed by atoms with Gasteiger partial charge in [0, 0.05) is 19.4 Å². The molecule has 0 saturated heterocycles. The largest absolute Gasteiger partial charge is 0.466 e. The highest BCUT2D eigenvalue weighted by Gasteiger charge is 2.15. The van der Waals surface area contributed by atoms with Gasteiger partial charge in [-0.25, -0.2) is 0 Å². The minimum Gasteiger partial charge on any atom is -0.466 e. The molecule has 0 fully saturated rings. The predicted octanol–water partition coefficient (Wildman–Crippen LogP) is 12.3. The van der Waals surface area contributed by atoms with Gasteiger partial charge in [-0.05, 0) is 70.9 Å². The molecule has 0 radical (unpaired) electrons. The molecule has 0 unspecified atom stereocenters. The van der Waals surface area contributed by atoms with E-state index in [0.29, 0.717) is 19.4 Å². The molecule has 0 aliphatic carbocycles. The molecule has 0 aromatic heterocycles. The van der Waals surface area contributed by atoms with E-state index in [9.17, 15) is 14.7 Å². The number of unbranched alkanes of at least 4 members (excludes halogenated alkanes) is 23. The highest BCUT2D eigenvalue weighted by Crippen LogP contribution is 2.18. The Morgan fingerprint density at radius 1 is 0.469 bits per heavy atom. The maximum atomic E-state index is 12.8. The summed E-state index contributed by atoms with van der Waals surface area (Å²) in [5.74, 6) is -0.0385. The number of esters is 2. The number of nitrogens with zero attached hydrogens (tertiary/aromatic N) is 1. The Morgan fingerprint density at radius 3 is 1.37 bits per heavy atom. The smallest absolute Gasteiger partial charge is 0.306 e. The Kier molecular flexibility index (Phi) is 38.7. The molecule has 0 heterocycles. The zero-order chi connectivity index (χ0) is 35.9. The van der Waals surface area contributed by atoms with E-state index in [1.54, 1.807) is 0 Å². The molecular formula is C43H85NO5. The first-order chi connectivity index (χ1) is 24.1. The van der Waals surface area contributed by atoms with E-state index in [4.69, 9.17) is 9.47 Å². The summed E-state index contributed by atoms with van der Waals surface area (Å²) in [7, 11) is 0. The van der Waals surface area contributed by atoms with E-state index >= 15 is 0 Å². The minimum absolute atomic E-state index is 0.00848. The van der Waals surface area contributed by atoms with Crippen LogP contribution in [0.3, 0.4) is 0 Å². The molecule has 0 rings (SSSR count). The average Bonchev–Trinajstić information content (AvgIpc) is 3.09. The van der Waals surface area contributed by atoms with E-state index in [2.05, 4.69) is 25.7 Å². The first kappa shape index (κ1) is 47.9. The second kappa shape index (κ2) is 39.6. The summed E-state index contributed by atoms with van der Waals surface area (Å²) in [5, 5.41) is 9.57. The second-order valence-corrected chi connectivity index (χ2v) is 14.8. The first-order valence-corrected chi connectivity index (χ1v) is 21.8. The summed E-state index contributed by atoms with van der Waals surface area (Å²) in [6.45, 7) is 10.1. The van der Waals surface area contributed by atoms with Crippen molar-refractivity contribution in [2.24, 2.45) is 0 Å². The van der Waals surface area contributed by atoms with E-state index in [0.717, 1.165) is 77.4 Å². The monoisotopic (exact) mass is 696 g/mol. The van der Waals surface area contributed by atoms with Gasteiger partial charge in [-0.15, -0.1) is 0 Å². The summed E-state index contributed by atoms with van der Waals surface area (Å²) in [5.41, 5.74) is 0. The van der Waals surface area contributed by atoms with E-state index in [1.165, 1.54) is 135 Å². The predicted molar refractivity (Wildman–Crippen MR) is 209 cm³/mol. The Hall–Kier alpha value is -1.14. The highest BCUT2D eigenvalue weighted by molar-refractivity contribution is 5.69. The molecule has 0 spiro atoms. The Bertz CT molecular complexity index is 669. The van der Waals surface area contributed by atoms with E-state index in [1.807, 2.05) is 0 Å². The number of hydrogen-bond acceptors (Lipinski definition) is 6. The summed E-state index contributed by atoms with van der Waals surface area (Å²) < 4.78 is 11.4. The third kappa shape index (κ3) is 36.5. The van der Waals surface area contributed by atoms with Gasteiger partial charge < -0.3 is 19.5 Å². The Balaban J connectivity index is 4.05. The lowest BCUT2D eigenvalue weighted by Crippen LogP contribution is -2.29.